The van der Waals surface area contributed by atoms with Crippen LogP contribution in [0.1, 0.15) is 13.8 Å². The normalized spacial score (nSPS) is 42.9. The van der Waals surface area contributed by atoms with E-state index in [1.54, 1.807) is 0 Å². The zero-order valence-corrected chi connectivity index (χ0v) is 15.9. The van der Waals surface area contributed by atoms with Crippen LogP contribution in [-0.4, -0.2) is 117 Å². The predicted octanol–water partition coefficient (Wildman–Crippen LogP) is -5.11. The highest BCUT2D eigenvalue weighted by Crippen LogP contribution is 2.25. The Kier molecular flexibility index (Phi) is 8.28. The monoisotopic (exact) mass is 424 g/mol. The molecule has 13 heteroatoms. The first-order valence-corrected chi connectivity index (χ1v) is 9.04. The molecule has 168 valence electrons. The van der Waals surface area contributed by atoms with E-state index in [0.717, 1.165) is 0 Å². The highest BCUT2D eigenvalue weighted by Gasteiger charge is 2.48. The minimum atomic E-state index is -1.64. The molecule has 2 heterocycles. The minimum absolute atomic E-state index is 0.455. The molecule has 0 aliphatic carbocycles. The molecule has 0 aromatic heterocycles. The van der Waals surface area contributed by atoms with Crippen molar-refractivity contribution in [3.05, 3.63) is 0 Å². The first-order valence-electron chi connectivity index (χ1n) is 9.04. The third kappa shape index (κ3) is 5.59. The topological polar surface area (TPSA) is 207 Å². The van der Waals surface area contributed by atoms with Crippen LogP contribution in [0, 0.1) is 0 Å². The van der Waals surface area contributed by atoms with Gasteiger partial charge in [0, 0.05) is 13.8 Å². The van der Waals surface area contributed by atoms with Gasteiger partial charge in [-0.25, -0.2) is 0 Å². The Hall–Kier alpha value is -1.42. The van der Waals surface area contributed by atoms with Crippen molar-refractivity contribution in [2.45, 2.75) is 75.1 Å². The molecule has 2 saturated heterocycles. The molecule has 8 N–H and O–H groups in total. The van der Waals surface area contributed by atoms with Crippen LogP contribution in [0.5, 0.6) is 0 Å². The van der Waals surface area contributed by atoms with Gasteiger partial charge in [-0.05, 0) is 0 Å². The number of aliphatic hydroxyl groups excluding tert-OH is 6. The van der Waals surface area contributed by atoms with E-state index in [1.807, 2.05) is 0 Å². The van der Waals surface area contributed by atoms with Gasteiger partial charge >= 0.3 is 0 Å². The maximum Gasteiger partial charge on any atom is 0.217 e. The van der Waals surface area contributed by atoms with E-state index in [2.05, 4.69) is 10.6 Å². The molecule has 0 radical (unpaired) electrons. The number of rotatable bonds is 6. The Morgan fingerprint density at radius 1 is 0.828 bits per heavy atom. The Balaban J connectivity index is 2.05. The Morgan fingerprint density at radius 3 is 1.90 bits per heavy atom. The second kappa shape index (κ2) is 10.1. The molecule has 2 aliphatic heterocycles. The lowest BCUT2D eigenvalue weighted by Crippen LogP contribution is -2.66. The number of aliphatic hydroxyl groups is 6. The van der Waals surface area contributed by atoms with Crippen molar-refractivity contribution in [3.8, 4) is 0 Å². The van der Waals surface area contributed by atoms with Gasteiger partial charge in [0.05, 0.1) is 13.2 Å². The molecule has 2 amide bonds. The second-order valence-corrected chi connectivity index (χ2v) is 7.04. The Bertz CT molecular complexity index is 579. The quantitative estimate of drug-likeness (QED) is 0.202. The van der Waals surface area contributed by atoms with Crippen LogP contribution >= 0.6 is 0 Å². The van der Waals surface area contributed by atoms with Gasteiger partial charge in [0.2, 0.25) is 11.8 Å². The van der Waals surface area contributed by atoms with Crippen LogP contribution < -0.4 is 10.6 Å². The van der Waals surface area contributed by atoms with Crippen LogP contribution in [-0.2, 0) is 23.8 Å². The minimum Gasteiger partial charge on any atom is -0.394 e. The molecule has 0 aromatic rings. The SMILES string of the molecule is CC(=O)N[C@@H]1[C@@H](O)[C@@H](O)[C@@H](CO[C@@H]2O[C@H](CO)[C@@H](O)[C@H](O)[C@H]2NC(C)=O)O[C@@H]1O. The molecule has 0 aromatic carbocycles. The van der Waals surface area contributed by atoms with Crippen LogP contribution in [0.4, 0.5) is 0 Å². The number of carbonyl (C=O) groups is 2. The molecule has 0 unspecified atom stereocenters. The Labute approximate surface area is 166 Å². The van der Waals surface area contributed by atoms with E-state index in [1.165, 1.54) is 13.8 Å². The highest BCUT2D eigenvalue weighted by atomic mass is 16.7. The summed E-state index contributed by atoms with van der Waals surface area (Å²) in [6.07, 6.45) is -11.5. The van der Waals surface area contributed by atoms with E-state index in [0.29, 0.717) is 0 Å². The third-order valence-electron chi connectivity index (χ3n) is 4.77. The fourth-order valence-corrected chi connectivity index (χ4v) is 3.28. The van der Waals surface area contributed by atoms with Gasteiger partial charge in [0.1, 0.15) is 48.7 Å². The summed E-state index contributed by atoms with van der Waals surface area (Å²) in [5.41, 5.74) is 0. The average Bonchev–Trinajstić information content (AvgIpc) is 2.65. The fraction of sp³-hybridized carbons (Fsp3) is 0.875. The van der Waals surface area contributed by atoms with E-state index >= 15 is 0 Å². The summed E-state index contributed by atoms with van der Waals surface area (Å²) >= 11 is 0. The number of amides is 2. The molecule has 2 aliphatic rings. The summed E-state index contributed by atoms with van der Waals surface area (Å²) in [5.74, 6) is -1.09. The van der Waals surface area contributed by atoms with Crippen LogP contribution in [0.25, 0.3) is 0 Å². The summed E-state index contributed by atoms with van der Waals surface area (Å²) in [6, 6.07) is -2.46. The number of hydrogen-bond donors (Lipinski definition) is 8. The molecule has 0 bridgehead atoms. The lowest BCUT2D eigenvalue weighted by Gasteiger charge is -2.44. The molecular weight excluding hydrogens is 396 g/mol. The van der Waals surface area contributed by atoms with Gasteiger partial charge in [-0.15, -0.1) is 0 Å². The first-order chi connectivity index (χ1) is 13.6. The standard InChI is InChI=1S/C16H28N2O11/c1-5(20)17-9-13(24)12(23)8(28-15(9)26)4-27-16-10(18-6(2)21)14(25)11(22)7(3-19)29-16/h7-16,19,22-26H,3-4H2,1-2H3,(H,17,20)(H,18,21)/t7-,8-,9-,10-,11-,12+,13-,14-,15+,16-/m1/s1. The molecule has 2 rings (SSSR count). The van der Waals surface area contributed by atoms with Crippen molar-refractivity contribution >= 4 is 11.8 Å². The maximum atomic E-state index is 11.4. The molecule has 10 atom stereocenters. The van der Waals surface area contributed by atoms with Crippen LogP contribution in [0.3, 0.4) is 0 Å². The summed E-state index contributed by atoms with van der Waals surface area (Å²) in [6.45, 7) is 1.26. The molecular formula is C16H28N2O11. The molecule has 13 nitrogen and oxygen atoms in total. The van der Waals surface area contributed by atoms with Crippen molar-refractivity contribution in [1.82, 2.24) is 10.6 Å². The Morgan fingerprint density at radius 2 is 1.34 bits per heavy atom. The largest absolute Gasteiger partial charge is 0.394 e. The molecule has 2 fully saturated rings. The fourth-order valence-electron chi connectivity index (χ4n) is 3.28. The van der Waals surface area contributed by atoms with Gasteiger partial charge < -0.3 is 55.5 Å². The summed E-state index contributed by atoms with van der Waals surface area (Å²) in [7, 11) is 0. The van der Waals surface area contributed by atoms with E-state index in [9.17, 15) is 40.2 Å². The van der Waals surface area contributed by atoms with Crippen molar-refractivity contribution in [3.63, 3.8) is 0 Å². The van der Waals surface area contributed by atoms with E-state index in [4.69, 9.17) is 14.2 Å². The maximum absolute atomic E-state index is 11.4. The number of hydrogen-bond acceptors (Lipinski definition) is 11. The molecule has 29 heavy (non-hydrogen) atoms. The summed E-state index contributed by atoms with van der Waals surface area (Å²) in [5, 5.41) is 64.4. The number of ether oxygens (including phenoxy) is 3. The molecule has 0 saturated carbocycles. The second-order valence-electron chi connectivity index (χ2n) is 7.04. The van der Waals surface area contributed by atoms with Crippen molar-refractivity contribution in [2.24, 2.45) is 0 Å². The van der Waals surface area contributed by atoms with Crippen molar-refractivity contribution in [2.75, 3.05) is 13.2 Å². The third-order valence-corrected chi connectivity index (χ3v) is 4.77. The summed E-state index contributed by atoms with van der Waals surface area (Å²) < 4.78 is 16.0. The molecule has 0 spiro atoms. The van der Waals surface area contributed by atoms with E-state index < -0.39 is 86.3 Å². The number of nitrogens with one attached hydrogen (secondary N) is 2. The predicted molar refractivity (Wildman–Crippen MR) is 91.8 cm³/mol. The smallest absolute Gasteiger partial charge is 0.217 e. The average molecular weight is 424 g/mol. The zero-order chi connectivity index (χ0) is 21.9. The zero-order valence-electron chi connectivity index (χ0n) is 15.9. The lowest BCUT2D eigenvalue weighted by molar-refractivity contribution is -0.297. The van der Waals surface area contributed by atoms with Gasteiger partial charge in [0.15, 0.2) is 12.6 Å². The number of carbonyl (C=O) groups excluding carboxylic acids is 2. The van der Waals surface area contributed by atoms with E-state index in [-0.39, 0.29) is 0 Å². The van der Waals surface area contributed by atoms with Crippen LogP contribution in [0.2, 0.25) is 0 Å². The van der Waals surface area contributed by atoms with Gasteiger partial charge in [-0.2, -0.15) is 0 Å². The van der Waals surface area contributed by atoms with Gasteiger partial charge in [-0.1, -0.05) is 0 Å². The first kappa shape index (κ1) is 23.9. The van der Waals surface area contributed by atoms with Crippen molar-refractivity contribution < 1.29 is 54.4 Å². The van der Waals surface area contributed by atoms with Gasteiger partial charge in [0.25, 0.3) is 0 Å². The van der Waals surface area contributed by atoms with Gasteiger partial charge in [-0.3, -0.25) is 9.59 Å². The summed E-state index contributed by atoms with van der Waals surface area (Å²) in [4.78, 5) is 22.6. The highest BCUT2D eigenvalue weighted by molar-refractivity contribution is 5.73. The lowest BCUT2D eigenvalue weighted by atomic mass is 9.96. The van der Waals surface area contributed by atoms with Crippen molar-refractivity contribution in [1.29, 1.82) is 0 Å². The van der Waals surface area contributed by atoms with Crippen LogP contribution in [0.15, 0.2) is 0 Å².